The molecule has 1 aliphatic rings. The third-order valence-corrected chi connectivity index (χ3v) is 8.20. The minimum Gasteiger partial charge on any atom is -0.322 e. The Balaban J connectivity index is 1.62. The molecule has 2 N–H and O–H groups in total. The molecular weight excluding hydrogens is 468 g/mol. The van der Waals surface area contributed by atoms with E-state index in [9.17, 15) is 31.2 Å². The third kappa shape index (κ3) is 4.03. The van der Waals surface area contributed by atoms with Gasteiger partial charge in [-0.25, -0.2) is 21.6 Å². The van der Waals surface area contributed by atoms with E-state index in [-0.39, 0.29) is 37.1 Å². The number of rotatable bonds is 4. The number of hydrogen-bond donors (Lipinski definition) is 2. The maximum atomic E-state index is 13.0. The van der Waals surface area contributed by atoms with Crippen molar-refractivity contribution in [1.82, 2.24) is 4.72 Å². The van der Waals surface area contributed by atoms with Gasteiger partial charge in [0.2, 0.25) is 15.7 Å². The fraction of sp³-hybridized carbons (Fsp3) is 0.0455. The van der Waals surface area contributed by atoms with Crippen LogP contribution in [0.2, 0.25) is 0 Å². The Kier molecular flexibility index (Phi) is 5.38. The first kappa shape index (κ1) is 22.4. The molecule has 0 aliphatic carbocycles. The van der Waals surface area contributed by atoms with Gasteiger partial charge < -0.3 is 5.32 Å². The number of fused-ring (bicyclic) bond motifs is 2. The Morgan fingerprint density at radius 2 is 1.48 bits per heavy atom. The van der Waals surface area contributed by atoms with Gasteiger partial charge in [0.15, 0.2) is 5.78 Å². The molecule has 0 aromatic heterocycles. The number of benzene rings is 3. The van der Waals surface area contributed by atoms with Crippen LogP contribution < -0.4 is 10.0 Å². The van der Waals surface area contributed by atoms with Crippen LogP contribution in [0.25, 0.3) is 0 Å². The Hall–Kier alpha value is -3.83. The van der Waals surface area contributed by atoms with Crippen LogP contribution in [0.1, 0.15) is 33.2 Å². The SMILES string of the molecule is CC(=O)NS(=O)(=O)c1ccc(NC(=O)c2ccc3c(c2)S(=O)(=O)c2ccccc2C3=O)cc1. The quantitative estimate of drug-likeness (QED) is 0.452. The molecule has 2 amide bonds. The van der Waals surface area contributed by atoms with Gasteiger partial charge in [-0.3, -0.25) is 14.4 Å². The van der Waals surface area contributed by atoms with Crippen LogP contribution in [0, 0.1) is 0 Å². The van der Waals surface area contributed by atoms with Crippen molar-refractivity contribution in [3.05, 3.63) is 83.4 Å². The molecule has 0 saturated carbocycles. The molecule has 0 spiro atoms. The Morgan fingerprint density at radius 3 is 2.15 bits per heavy atom. The van der Waals surface area contributed by atoms with Gasteiger partial charge in [-0.2, -0.15) is 0 Å². The lowest BCUT2D eigenvalue weighted by molar-refractivity contribution is -0.117. The fourth-order valence-electron chi connectivity index (χ4n) is 3.39. The van der Waals surface area contributed by atoms with Gasteiger partial charge in [0.1, 0.15) is 0 Å². The molecule has 11 heteroatoms. The van der Waals surface area contributed by atoms with E-state index < -0.39 is 37.5 Å². The van der Waals surface area contributed by atoms with E-state index in [0.29, 0.717) is 0 Å². The van der Waals surface area contributed by atoms with E-state index in [0.717, 1.165) is 13.0 Å². The van der Waals surface area contributed by atoms with Gasteiger partial charge in [-0.1, -0.05) is 12.1 Å². The highest BCUT2D eigenvalue weighted by atomic mass is 32.2. The van der Waals surface area contributed by atoms with Crippen molar-refractivity contribution in [3.63, 3.8) is 0 Å². The molecule has 0 unspecified atom stereocenters. The van der Waals surface area contributed by atoms with E-state index in [1.807, 2.05) is 4.72 Å². The van der Waals surface area contributed by atoms with Crippen molar-refractivity contribution in [2.45, 2.75) is 21.6 Å². The monoisotopic (exact) mass is 484 g/mol. The van der Waals surface area contributed by atoms with Gasteiger partial charge >= 0.3 is 0 Å². The van der Waals surface area contributed by atoms with Crippen LogP contribution >= 0.6 is 0 Å². The number of carbonyl (C=O) groups is 3. The molecule has 0 saturated heterocycles. The minimum absolute atomic E-state index is 0.000509. The normalized spacial score (nSPS) is 14.0. The van der Waals surface area contributed by atoms with E-state index in [1.54, 1.807) is 6.07 Å². The van der Waals surface area contributed by atoms with Crippen molar-refractivity contribution in [1.29, 1.82) is 0 Å². The van der Waals surface area contributed by atoms with Crippen LogP contribution in [0.15, 0.2) is 81.4 Å². The molecule has 1 heterocycles. The second-order valence-electron chi connectivity index (χ2n) is 7.18. The van der Waals surface area contributed by atoms with Crippen LogP contribution in [0.3, 0.4) is 0 Å². The smallest absolute Gasteiger partial charge is 0.264 e. The Morgan fingerprint density at radius 1 is 0.848 bits per heavy atom. The second kappa shape index (κ2) is 7.94. The highest BCUT2D eigenvalue weighted by Crippen LogP contribution is 2.34. The van der Waals surface area contributed by atoms with E-state index in [1.165, 1.54) is 54.6 Å². The molecule has 0 atom stereocenters. The molecule has 4 rings (SSSR count). The van der Waals surface area contributed by atoms with Crippen molar-refractivity contribution < 1.29 is 31.2 Å². The van der Waals surface area contributed by atoms with Gasteiger partial charge in [-0.15, -0.1) is 0 Å². The number of carbonyl (C=O) groups excluding carboxylic acids is 3. The predicted octanol–water partition coefficient (Wildman–Crippen LogP) is 2.14. The first-order chi connectivity index (χ1) is 15.5. The van der Waals surface area contributed by atoms with E-state index in [2.05, 4.69) is 5.32 Å². The van der Waals surface area contributed by atoms with Gasteiger partial charge in [0.25, 0.3) is 15.9 Å². The topological polar surface area (TPSA) is 144 Å². The molecule has 1 aliphatic heterocycles. The number of nitrogens with one attached hydrogen (secondary N) is 2. The molecule has 0 bridgehead atoms. The lowest BCUT2D eigenvalue weighted by Crippen LogP contribution is -2.28. The number of ketones is 1. The average Bonchev–Trinajstić information content (AvgIpc) is 2.77. The fourth-order valence-corrected chi connectivity index (χ4v) is 6.06. The number of hydrogen-bond acceptors (Lipinski definition) is 7. The van der Waals surface area contributed by atoms with E-state index >= 15 is 0 Å². The lowest BCUT2D eigenvalue weighted by atomic mass is 10.0. The van der Waals surface area contributed by atoms with E-state index in [4.69, 9.17) is 0 Å². The lowest BCUT2D eigenvalue weighted by Gasteiger charge is -2.19. The molecule has 168 valence electrons. The summed E-state index contributed by atoms with van der Waals surface area (Å²) in [6.07, 6.45) is 0. The molecule has 0 radical (unpaired) electrons. The summed E-state index contributed by atoms with van der Waals surface area (Å²) in [5, 5.41) is 2.54. The minimum atomic E-state index is -4.02. The van der Waals surface area contributed by atoms with Gasteiger partial charge in [0, 0.05) is 29.3 Å². The van der Waals surface area contributed by atoms with Gasteiger partial charge in [-0.05, 0) is 54.6 Å². The molecule has 33 heavy (non-hydrogen) atoms. The largest absolute Gasteiger partial charge is 0.322 e. The van der Waals surface area contributed by atoms with Crippen molar-refractivity contribution in [3.8, 4) is 0 Å². The van der Waals surface area contributed by atoms with Crippen LogP contribution in [-0.2, 0) is 24.7 Å². The summed E-state index contributed by atoms with van der Waals surface area (Å²) in [5.41, 5.74) is 0.303. The molecule has 9 nitrogen and oxygen atoms in total. The molecule has 3 aromatic rings. The number of sulfone groups is 1. The first-order valence-electron chi connectivity index (χ1n) is 9.48. The Labute approximate surface area is 189 Å². The van der Waals surface area contributed by atoms with Crippen molar-refractivity contribution >= 4 is 43.1 Å². The van der Waals surface area contributed by atoms with Crippen molar-refractivity contribution in [2.75, 3.05) is 5.32 Å². The number of amides is 2. The zero-order valence-electron chi connectivity index (χ0n) is 17.0. The molecule has 0 fully saturated rings. The number of anilines is 1. The first-order valence-corrected chi connectivity index (χ1v) is 12.4. The zero-order chi connectivity index (χ0) is 24.0. The maximum absolute atomic E-state index is 13.0. The summed E-state index contributed by atoms with van der Waals surface area (Å²) in [4.78, 5) is 35.9. The summed E-state index contributed by atoms with van der Waals surface area (Å²) >= 11 is 0. The third-order valence-electron chi connectivity index (χ3n) is 4.90. The molecule has 3 aromatic carbocycles. The van der Waals surface area contributed by atoms with Gasteiger partial charge in [0.05, 0.1) is 14.7 Å². The maximum Gasteiger partial charge on any atom is 0.264 e. The number of sulfonamides is 1. The zero-order valence-corrected chi connectivity index (χ0v) is 18.7. The standard InChI is InChI=1S/C22H16N2O7S2/c1-13(25)24-33(30,31)16-9-7-15(8-10-16)23-22(27)14-6-11-18-20(12-14)32(28,29)19-5-3-2-4-17(19)21(18)26/h2-12H,1H3,(H,23,27)(H,24,25). The highest BCUT2D eigenvalue weighted by molar-refractivity contribution is 7.91. The summed E-state index contributed by atoms with van der Waals surface area (Å²) in [5.74, 6) is -1.84. The average molecular weight is 485 g/mol. The summed E-state index contributed by atoms with van der Waals surface area (Å²) in [7, 11) is -8.02. The summed E-state index contributed by atoms with van der Waals surface area (Å²) in [6.45, 7) is 1.07. The van der Waals surface area contributed by atoms with Crippen molar-refractivity contribution in [2.24, 2.45) is 0 Å². The van der Waals surface area contributed by atoms with Crippen LogP contribution in [0.4, 0.5) is 5.69 Å². The Bertz CT molecular complexity index is 1540. The second-order valence-corrected chi connectivity index (χ2v) is 10.7. The van der Waals surface area contributed by atoms with Crippen LogP contribution in [0.5, 0.6) is 0 Å². The predicted molar refractivity (Wildman–Crippen MR) is 117 cm³/mol. The van der Waals surface area contributed by atoms with Crippen LogP contribution in [-0.4, -0.2) is 34.4 Å². The summed E-state index contributed by atoms with van der Waals surface area (Å²) in [6, 6.07) is 14.7. The highest BCUT2D eigenvalue weighted by Gasteiger charge is 2.35. The summed E-state index contributed by atoms with van der Waals surface area (Å²) < 4.78 is 51.9. The molecular formula is C22H16N2O7S2.